The third kappa shape index (κ3) is 3.05. The molecule has 0 spiro atoms. The third-order valence-corrected chi connectivity index (χ3v) is 3.60. The Bertz CT molecular complexity index is 396. The van der Waals surface area contributed by atoms with E-state index in [0.29, 0.717) is 6.04 Å². The number of nitrogens with zero attached hydrogens (tertiary/aromatic N) is 3. The second-order valence-electron chi connectivity index (χ2n) is 4.26. The molecule has 1 saturated heterocycles. The Balaban J connectivity index is 2.21. The second kappa shape index (κ2) is 6.24. The lowest BCUT2D eigenvalue weighted by molar-refractivity contribution is 0.193. The first kappa shape index (κ1) is 13.4. The van der Waals surface area contributed by atoms with E-state index >= 15 is 0 Å². The predicted octanol–water partition coefficient (Wildman–Crippen LogP) is 1.86. The minimum atomic E-state index is 0.420. The summed E-state index contributed by atoms with van der Waals surface area (Å²) in [5.41, 5.74) is 0. The highest BCUT2D eigenvalue weighted by Crippen LogP contribution is 2.23. The van der Waals surface area contributed by atoms with Crippen LogP contribution in [-0.4, -0.2) is 49.1 Å². The van der Waals surface area contributed by atoms with Gasteiger partial charge in [-0.1, -0.05) is 11.8 Å². The largest absolute Gasteiger partial charge is 0.379 e. The van der Waals surface area contributed by atoms with Crippen molar-refractivity contribution < 1.29 is 4.74 Å². The van der Waals surface area contributed by atoms with Gasteiger partial charge < -0.3 is 15.0 Å². The lowest BCUT2D eigenvalue weighted by Crippen LogP contribution is -2.32. The van der Waals surface area contributed by atoms with Crippen LogP contribution in [0.2, 0.25) is 0 Å². The molecule has 2 heterocycles. The monoisotopic (exact) mass is 268 g/mol. The van der Waals surface area contributed by atoms with Crippen LogP contribution in [0.15, 0.2) is 11.2 Å². The summed E-state index contributed by atoms with van der Waals surface area (Å²) in [5.74, 6) is 1.85. The number of thioether (sulfide) groups is 1. The summed E-state index contributed by atoms with van der Waals surface area (Å²) >= 11 is 1.56. The fourth-order valence-electron chi connectivity index (χ4n) is 1.97. The van der Waals surface area contributed by atoms with Crippen LogP contribution >= 0.6 is 11.8 Å². The molecule has 1 unspecified atom stereocenters. The van der Waals surface area contributed by atoms with E-state index in [1.165, 1.54) is 0 Å². The van der Waals surface area contributed by atoms with Crippen LogP contribution in [0.1, 0.15) is 13.3 Å². The molecule has 0 amide bonds. The van der Waals surface area contributed by atoms with Gasteiger partial charge in [0, 0.05) is 26.3 Å². The van der Waals surface area contributed by atoms with Gasteiger partial charge in [0.2, 0.25) is 0 Å². The van der Waals surface area contributed by atoms with Gasteiger partial charge in [0.15, 0.2) is 5.16 Å². The van der Waals surface area contributed by atoms with Gasteiger partial charge in [0.1, 0.15) is 11.6 Å². The van der Waals surface area contributed by atoms with E-state index in [4.69, 9.17) is 4.74 Å². The molecule has 1 aliphatic heterocycles. The lowest BCUT2D eigenvalue weighted by atomic mass is 10.2. The first-order valence-electron chi connectivity index (χ1n) is 6.22. The fourth-order valence-corrected chi connectivity index (χ4v) is 2.35. The van der Waals surface area contributed by atoms with Gasteiger partial charge in [0.25, 0.3) is 0 Å². The Labute approximate surface area is 112 Å². The van der Waals surface area contributed by atoms with Gasteiger partial charge in [-0.2, -0.15) is 0 Å². The normalized spacial score (nSPS) is 18.9. The van der Waals surface area contributed by atoms with Crippen molar-refractivity contribution in [3.8, 4) is 0 Å². The Hall–Kier alpha value is -1.01. The van der Waals surface area contributed by atoms with Crippen molar-refractivity contribution in [2.75, 3.05) is 43.3 Å². The average molecular weight is 268 g/mol. The zero-order chi connectivity index (χ0) is 13.0. The zero-order valence-corrected chi connectivity index (χ0v) is 12.0. The Morgan fingerprint density at radius 2 is 2.39 bits per heavy atom. The van der Waals surface area contributed by atoms with Crippen molar-refractivity contribution in [3.05, 3.63) is 6.07 Å². The van der Waals surface area contributed by atoms with E-state index in [9.17, 15) is 0 Å². The molecule has 0 radical (unpaired) electrons. The molecule has 6 heteroatoms. The number of hydrogen-bond donors (Lipinski definition) is 1. The van der Waals surface area contributed by atoms with Gasteiger partial charge in [0.05, 0.1) is 12.6 Å². The van der Waals surface area contributed by atoms with Crippen LogP contribution in [0.5, 0.6) is 0 Å². The molecule has 1 aromatic heterocycles. The fraction of sp³-hybridized carbons (Fsp3) is 0.667. The highest BCUT2D eigenvalue weighted by Gasteiger charge is 2.22. The van der Waals surface area contributed by atoms with E-state index in [2.05, 4.69) is 34.2 Å². The van der Waals surface area contributed by atoms with Crippen molar-refractivity contribution in [1.82, 2.24) is 9.97 Å². The van der Waals surface area contributed by atoms with Crippen LogP contribution < -0.4 is 10.2 Å². The maximum Gasteiger partial charge on any atom is 0.191 e. The van der Waals surface area contributed by atoms with E-state index in [1.54, 1.807) is 11.8 Å². The molecule has 5 nitrogen and oxygen atoms in total. The highest BCUT2D eigenvalue weighted by atomic mass is 32.2. The maximum absolute atomic E-state index is 5.43. The smallest absolute Gasteiger partial charge is 0.191 e. The van der Waals surface area contributed by atoms with Crippen LogP contribution in [0, 0.1) is 0 Å². The molecule has 1 fully saturated rings. The molecule has 1 atom stereocenters. The lowest BCUT2D eigenvalue weighted by Gasteiger charge is -2.24. The van der Waals surface area contributed by atoms with Crippen LogP contribution in [0.4, 0.5) is 11.6 Å². The van der Waals surface area contributed by atoms with Gasteiger partial charge >= 0.3 is 0 Å². The van der Waals surface area contributed by atoms with Gasteiger partial charge in [-0.15, -0.1) is 0 Å². The topological polar surface area (TPSA) is 50.3 Å². The van der Waals surface area contributed by atoms with Gasteiger partial charge in [-0.05, 0) is 19.6 Å². The molecular formula is C12H20N4OS. The summed E-state index contributed by atoms with van der Waals surface area (Å²) in [7, 11) is 2.07. The molecule has 100 valence electrons. The predicted molar refractivity (Wildman–Crippen MR) is 75.6 cm³/mol. The first-order chi connectivity index (χ1) is 8.74. The van der Waals surface area contributed by atoms with Crippen molar-refractivity contribution in [1.29, 1.82) is 0 Å². The summed E-state index contributed by atoms with van der Waals surface area (Å²) in [6.07, 6.45) is 3.05. The van der Waals surface area contributed by atoms with Crippen molar-refractivity contribution in [2.45, 2.75) is 24.5 Å². The quantitative estimate of drug-likeness (QED) is 0.650. The Morgan fingerprint density at radius 1 is 1.56 bits per heavy atom. The number of ether oxygens (including phenoxy) is 1. The molecule has 1 aromatic rings. The Morgan fingerprint density at radius 3 is 3.00 bits per heavy atom. The molecule has 2 rings (SSSR count). The van der Waals surface area contributed by atoms with E-state index in [1.807, 2.05) is 12.3 Å². The second-order valence-corrected chi connectivity index (χ2v) is 5.03. The molecular weight excluding hydrogens is 248 g/mol. The van der Waals surface area contributed by atoms with Crippen LogP contribution in [-0.2, 0) is 4.74 Å². The minimum Gasteiger partial charge on any atom is -0.379 e. The summed E-state index contributed by atoms with van der Waals surface area (Å²) in [6, 6.07) is 2.42. The number of likely N-dealkylation sites (N-methyl/N-ethyl adjacent to an activating group) is 1. The minimum absolute atomic E-state index is 0.420. The number of aromatic nitrogens is 2. The van der Waals surface area contributed by atoms with E-state index in [-0.39, 0.29) is 0 Å². The number of hydrogen-bond acceptors (Lipinski definition) is 6. The molecule has 0 aliphatic carbocycles. The molecule has 1 N–H and O–H groups in total. The molecule has 0 bridgehead atoms. The number of anilines is 2. The number of nitrogens with one attached hydrogen (secondary N) is 1. The van der Waals surface area contributed by atoms with Crippen LogP contribution in [0.25, 0.3) is 0 Å². The van der Waals surface area contributed by atoms with Gasteiger partial charge in [-0.3, -0.25) is 0 Å². The summed E-state index contributed by atoms with van der Waals surface area (Å²) < 4.78 is 5.43. The standard InChI is InChI=1S/C12H20N4OS/c1-4-13-10-7-11(15-12(14-10)18-3)16(2)9-5-6-17-8-9/h7,9H,4-6,8H2,1-3H3,(H,13,14,15). The highest BCUT2D eigenvalue weighted by molar-refractivity contribution is 7.98. The van der Waals surface area contributed by atoms with Gasteiger partial charge in [-0.25, -0.2) is 9.97 Å². The van der Waals surface area contributed by atoms with E-state index in [0.717, 1.165) is 43.0 Å². The van der Waals surface area contributed by atoms with Crippen molar-refractivity contribution >= 4 is 23.4 Å². The summed E-state index contributed by atoms with van der Waals surface area (Å²) in [5, 5.41) is 4.05. The SMILES string of the molecule is CCNc1cc(N(C)C2CCOC2)nc(SC)n1. The average Bonchev–Trinajstić information content (AvgIpc) is 2.91. The zero-order valence-electron chi connectivity index (χ0n) is 11.1. The molecule has 1 aliphatic rings. The maximum atomic E-state index is 5.43. The summed E-state index contributed by atoms with van der Waals surface area (Å²) in [6.45, 7) is 4.55. The van der Waals surface area contributed by atoms with Crippen molar-refractivity contribution in [2.24, 2.45) is 0 Å². The van der Waals surface area contributed by atoms with E-state index < -0.39 is 0 Å². The molecule has 0 aromatic carbocycles. The van der Waals surface area contributed by atoms with Crippen LogP contribution in [0.3, 0.4) is 0 Å². The summed E-state index contributed by atoms with van der Waals surface area (Å²) in [4.78, 5) is 11.2. The van der Waals surface area contributed by atoms with Crippen molar-refractivity contribution in [3.63, 3.8) is 0 Å². The third-order valence-electron chi connectivity index (χ3n) is 3.05. The number of rotatable bonds is 5. The molecule has 0 saturated carbocycles. The first-order valence-corrected chi connectivity index (χ1v) is 7.44. The Kier molecular flexibility index (Phi) is 4.66. The molecule has 18 heavy (non-hydrogen) atoms.